The second-order valence-electron chi connectivity index (χ2n) is 8.09. The number of hydrogen-bond acceptors (Lipinski definition) is 5. The molecule has 0 amide bonds. The van der Waals surface area contributed by atoms with Crippen LogP contribution in [0.4, 0.5) is 0 Å². The highest BCUT2D eigenvalue weighted by Crippen LogP contribution is 2.40. The Balaban J connectivity index is 2.06. The average Bonchev–Trinajstić information content (AvgIpc) is 3.01. The second kappa shape index (κ2) is 9.86. The van der Waals surface area contributed by atoms with Crippen molar-refractivity contribution in [3.8, 4) is 0 Å². The Hall–Kier alpha value is -2.43. The maximum atomic E-state index is 13.0. The molecule has 0 radical (unpaired) electrons. The molecule has 1 unspecified atom stereocenters. The van der Waals surface area contributed by atoms with Crippen LogP contribution in [0.15, 0.2) is 46.9 Å². The van der Waals surface area contributed by atoms with E-state index < -0.39 is 0 Å². The van der Waals surface area contributed by atoms with Crippen LogP contribution in [0, 0.1) is 11.3 Å². The van der Waals surface area contributed by atoms with Crippen molar-refractivity contribution >= 4 is 11.7 Å². The number of hydrogen-bond donors (Lipinski definition) is 1. The van der Waals surface area contributed by atoms with Crippen LogP contribution in [0.25, 0.3) is 0 Å². The molecule has 29 heavy (non-hydrogen) atoms. The van der Waals surface area contributed by atoms with Gasteiger partial charge in [-0.3, -0.25) is 4.98 Å². The zero-order valence-electron chi connectivity index (χ0n) is 18.0. The fraction of sp³-hybridized carbons (Fsp3) is 0.542. The highest BCUT2D eigenvalue weighted by atomic mass is 16.5. The van der Waals surface area contributed by atoms with Gasteiger partial charge < -0.3 is 15.0 Å². The van der Waals surface area contributed by atoms with E-state index in [1.165, 1.54) is 5.57 Å². The molecular formula is C24H33N3O2. The van der Waals surface area contributed by atoms with E-state index in [-0.39, 0.29) is 11.9 Å². The van der Waals surface area contributed by atoms with E-state index in [4.69, 9.17) is 10.1 Å². The summed E-state index contributed by atoms with van der Waals surface area (Å²) < 4.78 is 5.56. The van der Waals surface area contributed by atoms with Crippen LogP contribution < -0.4 is 0 Å². The van der Waals surface area contributed by atoms with Gasteiger partial charge in [-0.25, -0.2) is 4.79 Å². The first-order valence-electron chi connectivity index (χ1n) is 10.9. The van der Waals surface area contributed by atoms with Crippen LogP contribution in [0.2, 0.25) is 0 Å². The van der Waals surface area contributed by atoms with E-state index in [2.05, 4.69) is 29.8 Å². The lowest BCUT2D eigenvalue weighted by atomic mass is 9.96. The maximum absolute atomic E-state index is 13.0. The summed E-state index contributed by atoms with van der Waals surface area (Å²) in [6.45, 7) is 8.08. The lowest BCUT2D eigenvalue weighted by molar-refractivity contribution is -0.139. The third kappa shape index (κ3) is 4.77. The van der Waals surface area contributed by atoms with Crippen molar-refractivity contribution in [2.45, 2.75) is 65.8 Å². The zero-order valence-corrected chi connectivity index (χ0v) is 18.0. The van der Waals surface area contributed by atoms with Crippen molar-refractivity contribution in [2.75, 3.05) is 13.2 Å². The second-order valence-corrected chi connectivity index (χ2v) is 8.09. The molecule has 2 heterocycles. The smallest absolute Gasteiger partial charge is 0.336 e. The third-order valence-electron chi connectivity index (χ3n) is 5.76. The molecule has 0 saturated heterocycles. The molecule has 1 aliphatic heterocycles. The molecule has 5 nitrogen and oxygen atoms in total. The van der Waals surface area contributed by atoms with Crippen LogP contribution >= 0.6 is 0 Å². The minimum Gasteiger partial charge on any atom is -0.462 e. The first kappa shape index (κ1) is 21.3. The minimum atomic E-state index is -0.197. The van der Waals surface area contributed by atoms with Gasteiger partial charge in [0.05, 0.1) is 17.9 Å². The number of allylic oxidation sites excluding steroid dienone is 1. The molecule has 0 bridgehead atoms. The summed E-state index contributed by atoms with van der Waals surface area (Å²) in [6, 6.07) is 4.01. The van der Waals surface area contributed by atoms with Gasteiger partial charge in [-0.15, -0.1) is 0 Å². The fourth-order valence-electron chi connectivity index (χ4n) is 4.31. The van der Waals surface area contributed by atoms with Crippen LogP contribution in [0.5, 0.6) is 0 Å². The Bertz CT molecular complexity index is 811. The molecule has 1 aromatic heterocycles. The van der Waals surface area contributed by atoms with Crippen molar-refractivity contribution in [3.05, 3.63) is 52.5 Å². The Morgan fingerprint density at radius 1 is 1.31 bits per heavy atom. The molecule has 1 aromatic rings. The number of nitrogens with zero attached hydrogens (tertiary/aromatic N) is 2. The van der Waals surface area contributed by atoms with E-state index in [0.717, 1.165) is 60.2 Å². The summed E-state index contributed by atoms with van der Waals surface area (Å²) in [7, 11) is 0. The number of carbonyl (C=O) groups excluding carboxylic acids is 1. The molecule has 5 heteroatoms. The molecule has 2 aliphatic rings. The molecular weight excluding hydrogens is 362 g/mol. The molecule has 156 valence electrons. The Morgan fingerprint density at radius 3 is 2.83 bits per heavy atom. The lowest BCUT2D eigenvalue weighted by Gasteiger charge is -2.25. The summed E-state index contributed by atoms with van der Waals surface area (Å²) in [4.78, 5) is 19.5. The van der Waals surface area contributed by atoms with Crippen molar-refractivity contribution in [2.24, 2.45) is 5.92 Å². The van der Waals surface area contributed by atoms with Gasteiger partial charge in [0.1, 0.15) is 0 Å². The number of esters is 1. The molecule has 0 spiro atoms. The minimum absolute atomic E-state index is 0.197. The molecule has 1 atom stereocenters. The first-order valence-corrected chi connectivity index (χ1v) is 10.9. The molecule has 0 fully saturated rings. The number of ether oxygens (including phenoxy) is 1. The van der Waals surface area contributed by atoms with Crippen molar-refractivity contribution < 1.29 is 9.53 Å². The topological polar surface area (TPSA) is 66.3 Å². The van der Waals surface area contributed by atoms with Gasteiger partial charge in [0.15, 0.2) is 0 Å². The van der Waals surface area contributed by atoms with Gasteiger partial charge >= 0.3 is 5.97 Å². The third-order valence-corrected chi connectivity index (χ3v) is 5.76. The Morgan fingerprint density at radius 2 is 2.14 bits per heavy atom. The normalized spacial score (nSPS) is 21.1. The number of carbonyl (C=O) groups is 1. The largest absolute Gasteiger partial charge is 0.462 e. The maximum Gasteiger partial charge on any atom is 0.336 e. The lowest BCUT2D eigenvalue weighted by Crippen LogP contribution is -2.25. The van der Waals surface area contributed by atoms with Crippen molar-refractivity contribution in [3.63, 3.8) is 0 Å². The molecule has 0 saturated carbocycles. The summed E-state index contributed by atoms with van der Waals surface area (Å²) in [6.07, 6.45) is 9.06. The van der Waals surface area contributed by atoms with Gasteiger partial charge in [0.25, 0.3) is 0 Å². The fourth-order valence-corrected chi connectivity index (χ4v) is 4.31. The average molecular weight is 396 g/mol. The van der Waals surface area contributed by atoms with E-state index >= 15 is 0 Å². The quantitative estimate of drug-likeness (QED) is 0.519. The standard InChI is InChI=1S/C24H33N3O2/c1-4-8-20(24(28)29-13-5-2)23-19-11-6-9-17(3)22(25)21(19)16-27(23)15-18-10-7-12-26-14-18/h7,10,12,14,17,25H,4-6,8-9,11,13,15-16H2,1-3H3/b23-20-,25-22?. The van der Waals surface area contributed by atoms with Crippen molar-refractivity contribution in [1.29, 1.82) is 5.41 Å². The number of nitrogens with one attached hydrogen (secondary N) is 1. The predicted molar refractivity (Wildman–Crippen MR) is 116 cm³/mol. The van der Waals surface area contributed by atoms with Crippen LogP contribution in [-0.2, 0) is 16.1 Å². The summed E-state index contributed by atoms with van der Waals surface area (Å²) >= 11 is 0. The molecule has 1 N–H and O–H groups in total. The first-order chi connectivity index (χ1) is 14.1. The number of rotatable bonds is 7. The van der Waals surface area contributed by atoms with E-state index in [1.54, 1.807) is 6.20 Å². The van der Waals surface area contributed by atoms with E-state index in [0.29, 0.717) is 26.1 Å². The summed E-state index contributed by atoms with van der Waals surface area (Å²) in [5.41, 5.74) is 5.95. The van der Waals surface area contributed by atoms with Gasteiger partial charge in [-0.2, -0.15) is 0 Å². The molecule has 1 aliphatic carbocycles. The van der Waals surface area contributed by atoms with Crippen LogP contribution in [0.3, 0.4) is 0 Å². The summed E-state index contributed by atoms with van der Waals surface area (Å²) in [5, 5.41) is 8.75. The Kier molecular flexibility index (Phi) is 7.24. The highest BCUT2D eigenvalue weighted by Gasteiger charge is 2.35. The van der Waals surface area contributed by atoms with E-state index in [9.17, 15) is 4.79 Å². The number of pyridine rings is 1. The van der Waals surface area contributed by atoms with Crippen LogP contribution in [0.1, 0.15) is 64.9 Å². The SMILES string of the molecule is CCCOC(=O)/C(CCC)=C1/C2=C(CN1Cc1cccnc1)C(=N)C(C)CCC2. The van der Waals surface area contributed by atoms with Gasteiger partial charge in [0.2, 0.25) is 0 Å². The van der Waals surface area contributed by atoms with Crippen molar-refractivity contribution in [1.82, 2.24) is 9.88 Å². The molecule has 3 rings (SSSR count). The monoisotopic (exact) mass is 395 g/mol. The van der Waals surface area contributed by atoms with E-state index in [1.807, 2.05) is 19.2 Å². The van der Waals surface area contributed by atoms with Gasteiger partial charge in [-0.05, 0) is 60.8 Å². The van der Waals surface area contributed by atoms with Gasteiger partial charge in [0, 0.05) is 31.2 Å². The number of aromatic nitrogens is 1. The zero-order chi connectivity index (χ0) is 20.8. The predicted octanol–water partition coefficient (Wildman–Crippen LogP) is 5.04. The summed E-state index contributed by atoms with van der Waals surface area (Å²) in [5.74, 6) is 0.0706. The Labute approximate surface area is 174 Å². The highest BCUT2D eigenvalue weighted by molar-refractivity contribution is 6.03. The van der Waals surface area contributed by atoms with Crippen LogP contribution in [-0.4, -0.2) is 34.7 Å². The molecule has 0 aromatic carbocycles. The van der Waals surface area contributed by atoms with Gasteiger partial charge in [-0.1, -0.05) is 33.3 Å².